The Morgan fingerprint density at radius 3 is 2.35 bits per heavy atom. The number of likely N-dealkylation sites (tertiary alicyclic amines) is 1. The molecule has 1 N–H and O–H groups in total. The molecule has 2 heteroatoms. The van der Waals surface area contributed by atoms with Crippen LogP contribution in [0.25, 0.3) is 0 Å². The molecule has 2 rings (SSSR count). The Balaban J connectivity index is 1.77. The van der Waals surface area contributed by atoms with E-state index < -0.39 is 0 Å². The third kappa shape index (κ3) is 3.03. The summed E-state index contributed by atoms with van der Waals surface area (Å²) < 4.78 is 0. The molecule has 0 spiro atoms. The fourth-order valence-electron chi connectivity index (χ4n) is 3.35. The van der Waals surface area contributed by atoms with Gasteiger partial charge in [0, 0.05) is 6.04 Å². The largest absolute Gasteiger partial charge is 0.317 e. The molecule has 2 aliphatic rings. The van der Waals surface area contributed by atoms with Gasteiger partial charge in [-0.1, -0.05) is 27.2 Å². The summed E-state index contributed by atoms with van der Waals surface area (Å²) in [4.78, 5) is 2.78. The lowest BCUT2D eigenvalue weighted by molar-refractivity contribution is 0.0122. The lowest BCUT2D eigenvalue weighted by atomic mass is 9.74. The summed E-state index contributed by atoms with van der Waals surface area (Å²) in [6.45, 7) is 12.1. The molecule has 1 saturated heterocycles. The Morgan fingerprint density at radius 2 is 1.88 bits per heavy atom. The van der Waals surface area contributed by atoms with Crippen LogP contribution in [0.15, 0.2) is 0 Å². The highest BCUT2D eigenvalue weighted by Crippen LogP contribution is 2.39. The number of piperidine rings is 1. The molecule has 0 bridgehead atoms. The molecule has 100 valence electrons. The Hall–Kier alpha value is -0.0800. The first kappa shape index (κ1) is 13.4. The van der Waals surface area contributed by atoms with Gasteiger partial charge in [-0.15, -0.1) is 0 Å². The fourth-order valence-corrected chi connectivity index (χ4v) is 3.35. The van der Waals surface area contributed by atoms with Crippen LogP contribution in [-0.4, -0.2) is 37.1 Å². The van der Waals surface area contributed by atoms with Gasteiger partial charge in [-0.3, -0.25) is 0 Å². The van der Waals surface area contributed by atoms with Crippen molar-refractivity contribution >= 4 is 0 Å². The topological polar surface area (TPSA) is 15.3 Å². The van der Waals surface area contributed by atoms with Gasteiger partial charge in [-0.05, 0) is 63.2 Å². The van der Waals surface area contributed by atoms with Gasteiger partial charge in [0.05, 0.1) is 0 Å². The molecule has 1 aliphatic heterocycles. The number of hydrogen-bond acceptors (Lipinski definition) is 2. The maximum absolute atomic E-state index is 3.52. The van der Waals surface area contributed by atoms with E-state index >= 15 is 0 Å². The van der Waals surface area contributed by atoms with Gasteiger partial charge in [-0.25, -0.2) is 0 Å². The van der Waals surface area contributed by atoms with E-state index in [1.807, 2.05) is 0 Å². The van der Waals surface area contributed by atoms with Crippen LogP contribution in [0, 0.1) is 11.3 Å². The number of nitrogens with zero attached hydrogens (tertiary/aromatic N) is 1. The Morgan fingerprint density at radius 1 is 1.18 bits per heavy atom. The van der Waals surface area contributed by atoms with E-state index in [9.17, 15) is 0 Å². The molecule has 0 radical (unpaired) electrons. The quantitative estimate of drug-likeness (QED) is 0.792. The first-order chi connectivity index (χ1) is 8.18. The number of rotatable bonds is 5. The summed E-state index contributed by atoms with van der Waals surface area (Å²) in [6.07, 6.45) is 7.06. The van der Waals surface area contributed by atoms with Crippen molar-refractivity contribution in [2.75, 3.05) is 26.2 Å². The normalized spacial score (nSPS) is 33.4. The fraction of sp³-hybridized carbons (Fsp3) is 1.00. The van der Waals surface area contributed by atoms with Crippen LogP contribution in [0.4, 0.5) is 0 Å². The third-order valence-corrected chi connectivity index (χ3v) is 5.36. The lowest BCUT2D eigenvalue weighted by Gasteiger charge is -2.49. The molecule has 0 amide bonds. The molecule has 2 fully saturated rings. The standard InChI is InChI=1S/C15H30N2/c1-4-15(3)8-10-17(11-9-15)14-7-6-13(14)12-16-5-2/h13-14,16H,4-12H2,1-3H3. The SMILES string of the molecule is CCNCC1CCC1N1CCC(C)(CC)CC1. The predicted octanol–water partition coefficient (Wildman–Crippen LogP) is 2.89. The average molecular weight is 238 g/mol. The minimum atomic E-state index is 0.636. The maximum Gasteiger partial charge on any atom is 0.0136 e. The van der Waals surface area contributed by atoms with Crippen LogP contribution < -0.4 is 5.32 Å². The highest BCUT2D eigenvalue weighted by molar-refractivity contribution is 4.93. The zero-order valence-corrected chi connectivity index (χ0v) is 12.0. The summed E-state index contributed by atoms with van der Waals surface area (Å²) >= 11 is 0. The number of hydrogen-bond donors (Lipinski definition) is 1. The van der Waals surface area contributed by atoms with E-state index in [4.69, 9.17) is 0 Å². The summed E-state index contributed by atoms with van der Waals surface area (Å²) in [5, 5.41) is 3.52. The molecule has 0 aromatic carbocycles. The lowest BCUT2D eigenvalue weighted by Crippen LogP contribution is -2.53. The van der Waals surface area contributed by atoms with Crippen LogP contribution >= 0.6 is 0 Å². The van der Waals surface area contributed by atoms with Crippen molar-refractivity contribution in [3.05, 3.63) is 0 Å². The summed E-state index contributed by atoms with van der Waals surface area (Å²) in [5.74, 6) is 0.931. The van der Waals surface area contributed by atoms with Crippen LogP contribution in [0.3, 0.4) is 0 Å². The molecular weight excluding hydrogens is 208 g/mol. The van der Waals surface area contributed by atoms with Crippen LogP contribution in [0.5, 0.6) is 0 Å². The van der Waals surface area contributed by atoms with Crippen LogP contribution in [-0.2, 0) is 0 Å². The van der Waals surface area contributed by atoms with Crippen molar-refractivity contribution in [1.82, 2.24) is 10.2 Å². The molecule has 2 nitrogen and oxygen atoms in total. The number of nitrogens with one attached hydrogen (secondary N) is 1. The minimum absolute atomic E-state index is 0.636. The monoisotopic (exact) mass is 238 g/mol. The third-order valence-electron chi connectivity index (χ3n) is 5.36. The van der Waals surface area contributed by atoms with E-state index in [1.54, 1.807) is 0 Å². The zero-order valence-electron chi connectivity index (χ0n) is 12.0. The van der Waals surface area contributed by atoms with Gasteiger partial charge in [-0.2, -0.15) is 0 Å². The van der Waals surface area contributed by atoms with Crippen molar-refractivity contribution in [2.24, 2.45) is 11.3 Å². The second-order valence-electron chi connectivity index (χ2n) is 6.41. The van der Waals surface area contributed by atoms with Crippen molar-refractivity contribution in [1.29, 1.82) is 0 Å². The van der Waals surface area contributed by atoms with E-state index in [2.05, 4.69) is 31.0 Å². The minimum Gasteiger partial charge on any atom is -0.317 e. The molecule has 1 aliphatic carbocycles. The van der Waals surface area contributed by atoms with Gasteiger partial charge >= 0.3 is 0 Å². The molecular formula is C15H30N2. The summed E-state index contributed by atoms with van der Waals surface area (Å²) in [7, 11) is 0. The molecule has 2 atom stereocenters. The van der Waals surface area contributed by atoms with E-state index in [0.29, 0.717) is 5.41 Å². The zero-order chi connectivity index (χ0) is 12.3. The Kier molecular flexibility index (Phi) is 4.48. The first-order valence-corrected chi connectivity index (χ1v) is 7.63. The Bertz CT molecular complexity index is 231. The predicted molar refractivity (Wildman–Crippen MR) is 74.3 cm³/mol. The van der Waals surface area contributed by atoms with E-state index in [-0.39, 0.29) is 0 Å². The highest BCUT2D eigenvalue weighted by Gasteiger charge is 2.38. The highest BCUT2D eigenvalue weighted by atomic mass is 15.2. The molecule has 0 aromatic rings. The van der Waals surface area contributed by atoms with Crippen LogP contribution in [0.2, 0.25) is 0 Å². The molecule has 1 saturated carbocycles. The van der Waals surface area contributed by atoms with Crippen molar-refractivity contribution in [2.45, 2.75) is 58.9 Å². The molecule has 0 aromatic heterocycles. The Labute approximate surface area is 107 Å². The smallest absolute Gasteiger partial charge is 0.0136 e. The summed E-state index contributed by atoms with van der Waals surface area (Å²) in [6, 6.07) is 0.899. The van der Waals surface area contributed by atoms with Crippen molar-refractivity contribution in [3.8, 4) is 0 Å². The molecule has 2 unspecified atom stereocenters. The van der Waals surface area contributed by atoms with Gasteiger partial charge in [0.15, 0.2) is 0 Å². The van der Waals surface area contributed by atoms with Crippen molar-refractivity contribution in [3.63, 3.8) is 0 Å². The molecule has 17 heavy (non-hydrogen) atoms. The summed E-state index contributed by atoms with van der Waals surface area (Å²) in [5.41, 5.74) is 0.636. The van der Waals surface area contributed by atoms with Gasteiger partial charge in [0.2, 0.25) is 0 Å². The van der Waals surface area contributed by atoms with Crippen molar-refractivity contribution < 1.29 is 0 Å². The first-order valence-electron chi connectivity index (χ1n) is 7.63. The van der Waals surface area contributed by atoms with E-state index in [1.165, 1.54) is 51.7 Å². The maximum atomic E-state index is 3.52. The average Bonchev–Trinajstić information content (AvgIpc) is 2.31. The van der Waals surface area contributed by atoms with E-state index in [0.717, 1.165) is 18.5 Å². The van der Waals surface area contributed by atoms with Gasteiger partial charge in [0.25, 0.3) is 0 Å². The second kappa shape index (κ2) is 5.71. The molecule has 1 heterocycles. The van der Waals surface area contributed by atoms with Crippen LogP contribution in [0.1, 0.15) is 52.9 Å². The van der Waals surface area contributed by atoms with Gasteiger partial charge < -0.3 is 10.2 Å². The second-order valence-corrected chi connectivity index (χ2v) is 6.41. The van der Waals surface area contributed by atoms with Gasteiger partial charge in [0.1, 0.15) is 0 Å².